The number of piperazine rings is 1. The van der Waals surface area contributed by atoms with Crippen LogP contribution in [0.4, 0.5) is 28.9 Å². The number of nitriles is 1. The summed E-state index contributed by atoms with van der Waals surface area (Å²) in [6, 6.07) is 24.4. The highest BCUT2D eigenvalue weighted by atomic mass is 32.2. The molecule has 1 fully saturated rings. The van der Waals surface area contributed by atoms with Crippen molar-refractivity contribution in [3.63, 3.8) is 0 Å². The fraction of sp³-hybridized carbons (Fsp3) is 0.267. The summed E-state index contributed by atoms with van der Waals surface area (Å²) in [5.41, 5.74) is 1.20. The van der Waals surface area contributed by atoms with E-state index in [0.29, 0.717) is 71.3 Å². The van der Waals surface area contributed by atoms with E-state index in [9.17, 15) is 31.6 Å². The maximum atomic E-state index is 14.4. The molecule has 1 saturated heterocycles. The zero-order chi connectivity index (χ0) is 45.8. The van der Waals surface area contributed by atoms with Crippen molar-refractivity contribution < 1.29 is 45.3 Å². The minimum absolute atomic E-state index is 0.0387. The number of benzene rings is 4. The summed E-state index contributed by atoms with van der Waals surface area (Å²) in [5, 5.41) is 10.5. The van der Waals surface area contributed by atoms with E-state index in [-0.39, 0.29) is 33.6 Å². The van der Waals surface area contributed by atoms with Crippen LogP contribution >= 0.6 is 11.5 Å². The van der Waals surface area contributed by atoms with Gasteiger partial charge in [0.15, 0.2) is 0 Å². The summed E-state index contributed by atoms with van der Waals surface area (Å²) in [7, 11) is -1.42. The number of pyridine rings is 1. The van der Waals surface area contributed by atoms with E-state index < -0.39 is 33.5 Å². The van der Waals surface area contributed by atoms with E-state index in [0.717, 1.165) is 28.0 Å². The van der Waals surface area contributed by atoms with E-state index in [1.807, 2.05) is 31.7 Å². The number of ether oxygens (including phenoxy) is 4. The summed E-state index contributed by atoms with van der Waals surface area (Å²) in [6.07, 6.45) is -2.06. The molecule has 0 unspecified atom stereocenters. The first-order chi connectivity index (χ1) is 30.5. The maximum absolute atomic E-state index is 14.4. The molecule has 0 atom stereocenters. The molecule has 0 N–H and O–H groups in total. The Morgan fingerprint density at radius 3 is 2.19 bits per heavy atom. The SMILES string of the molecule is COc1ccc(CN(c2ncns2)S(=O)(=O)c2ccc(Oc3ccc(-c4ccc(C(F)(F)F)cc4)cc3-c3ccnc(N4CCN(C(=O)OC(C)(C)C)CC4)c3)c(C#N)c2)c(OC)c1. The number of halogens is 3. The summed E-state index contributed by atoms with van der Waals surface area (Å²) >= 11 is 0.874. The zero-order valence-electron chi connectivity index (χ0n) is 35.3. The lowest BCUT2D eigenvalue weighted by atomic mass is 9.97. The number of anilines is 2. The summed E-state index contributed by atoms with van der Waals surface area (Å²) < 4.78 is 97.1. The van der Waals surface area contributed by atoms with E-state index in [2.05, 4.69) is 20.4 Å². The fourth-order valence-electron chi connectivity index (χ4n) is 6.84. The number of sulfonamides is 1. The molecule has 4 aromatic carbocycles. The van der Waals surface area contributed by atoms with Gasteiger partial charge in [-0.1, -0.05) is 18.2 Å². The van der Waals surface area contributed by atoms with Gasteiger partial charge in [0.2, 0.25) is 5.13 Å². The van der Waals surface area contributed by atoms with Gasteiger partial charge in [0.25, 0.3) is 10.0 Å². The van der Waals surface area contributed by atoms with Crippen molar-refractivity contribution in [3.05, 3.63) is 120 Å². The molecule has 332 valence electrons. The third-order valence-electron chi connectivity index (χ3n) is 10.1. The molecule has 19 heteroatoms. The number of aromatic nitrogens is 3. The Morgan fingerprint density at radius 1 is 0.828 bits per heavy atom. The van der Waals surface area contributed by atoms with Crippen molar-refractivity contribution in [1.82, 2.24) is 19.2 Å². The third kappa shape index (κ3) is 10.1. The normalized spacial score (nSPS) is 13.2. The summed E-state index contributed by atoms with van der Waals surface area (Å²) in [6.45, 7) is 6.97. The number of alkyl halides is 3. The van der Waals surface area contributed by atoms with Crippen LogP contribution in [0.3, 0.4) is 0 Å². The van der Waals surface area contributed by atoms with Gasteiger partial charge in [-0.2, -0.15) is 22.8 Å². The minimum atomic E-state index is -4.51. The number of carbonyl (C=O) groups excluding carboxylic acids is 1. The minimum Gasteiger partial charge on any atom is -0.497 e. The lowest BCUT2D eigenvalue weighted by Crippen LogP contribution is -2.50. The average Bonchev–Trinajstić information content (AvgIpc) is 3.82. The Bertz CT molecular complexity index is 2790. The number of hydrogen-bond acceptors (Lipinski definition) is 13. The quantitative estimate of drug-likeness (QED) is 0.115. The Kier molecular flexibility index (Phi) is 13.0. The highest BCUT2D eigenvalue weighted by Crippen LogP contribution is 2.41. The molecule has 0 radical (unpaired) electrons. The molecule has 0 aliphatic carbocycles. The van der Waals surface area contributed by atoms with Gasteiger partial charge in [-0.05, 0) is 104 Å². The first-order valence-corrected chi connectivity index (χ1v) is 21.9. The Morgan fingerprint density at radius 2 is 1.55 bits per heavy atom. The molecule has 7 rings (SSSR count). The van der Waals surface area contributed by atoms with Crippen molar-refractivity contribution >= 4 is 38.6 Å². The molecule has 2 aromatic heterocycles. The number of carbonyl (C=O) groups is 1. The van der Waals surface area contributed by atoms with E-state index in [4.69, 9.17) is 18.9 Å². The van der Waals surface area contributed by atoms with Gasteiger partial charge in [-0.25, -0.2) is 27.5 Å². The molecule has 1 aliphatic heterocycles. The smallest absolute Gasteiger partial charge is 0.416 e. The second-order valence-corrected chi connectivity index (χ2v) is 18.0. The van der Waals surface area contributed by atoms with Crippen molar-refractivity contribution in [2.24, 2.45) is 0 Å². The number of methoxy groups -OCH3 is 2. The monoisotopic (exact) mass is 913 g/mol. The van der Waals surface area contributed by atoms with E-state index in [1.54, 1.807) is 53.6 Å². The van der Waals surface area contributed by atoms with Gasteiger partial charge in [-0.15, -0.1) is 0 Å². The Hall–Kier alpha value is -6.91. The second-order valence-electron chi connectivity index (χ2n) is 15.4. The molecular weight excluding hydrogens is 872 g/mol. The highest BCUT2D eigenvalue weighted by Gasteiger charge is 2.32. The molecule has 1 aliphatic rings. The number of amides is 1. The van der Waals surface area contributed by atoms with E-state index >= 15 is 0 Å². The van der Waals surface area contributed by atoms with Crippen LogP contribution in [0.15, 0.2) is 108 Å². The van der Waals surface area contributed by atoms with Crippen LogP contribution in [0, 0.1) is 11.3 Å². The van der Waals surface area contributed by atoms with Gasteiger partial charge in [0.05, 0.1) is 36.8 Å². The molecule has 1 amide bonds. The molecule has 0 saturated carbocycles. The van der Waals surface area contributed by atoms with Crippen LogP contribution < -0.4 is 23.4 Å². The molecular formula is C45H42F3N7O7S2. The molecule has 3 heterocycles. The largest absolute Gasteiger partial charge is 0.497 e. The first kappa shape index (κ1) is 45.1. The molecule has 0 spiro atoms. The predicted molar refractivity (Wildman–Crippen MR) is 234 cm³/mol. The summed E-state index contributed by atoms with van der Waals surface area (Å²) in [5.74, 6) is 1.80. The van der Waals surface area contributed by atoms with Gasteiger partial charge in [0, 0.05) is 61.1 Å². The molecule has 0 bridgehead atoms. The van der Waals surface area contributed by atoms with Crippen LogP contribution in [0.5, 0.6) is 23.0 Å². The zero-order valence-corrected chi connectivity index (χ0v) is 36.9. The van der Waals surface area contributed by atoms with Crippen LogP contribution in [-0.2, 0) is 27.5 Å². The Balaban J connectivity index is 1.22. The summed E-state index contributed by atoms with van der Waals surface area (Å²) in [4.78, 5) is 24.9. The van der Waals surface area contributed by atoms with E-state index in [1.165, 1.54) is 50.9 Å². The standard InChI is InChI=1S/C45H42F3N7O7S2/c1-44(2,3)62-43(56)54-20-18-53(19-21-54)41-24-31(16-17-50-41)37-23-30(29-6-10-34(11-7-29)45(46,47)48)9-14-39(37)61-38-15-13-36(22-33(38)26-49)64(57,58)55(42-51-28-52-63-42)27-32-8-12-35(59-4)25-40(32)60-5/h6-17,22-25,28H,18-21,27H2,1-5H3. The average molecular weight is 914 g/mol. The van der Waals surface area contributed by atoms with Crippen LogP contribution in [0.25, 0.3) is 22.3 Å². The third-order valence-corrected chi connectivity index (χ3v) is 12.6. The number of nitrogens with zero attached hydrogens (tertiary/aromatic N) is 7. The highest BCUT2D eigenvalue weighted by molar-refractivity contribution is 7.93. The molecule has 64 heavy (non-hydrogen) atoms. The predicted octanol–water partition coefficient (Wildman–Crippen LogP) is 9.42. The van der Waals surface area contributed by atoms with Crippen molar-refractivity contribution in [2.45, 2.75) is 44.0 Å². The number of hydrogen-bond donors (Lipinski definition) is 0. The second kappa shape index (κ2) is 18.4. The van der Waals surface area contributed by atoms with Crippen LogP contribution in [-0.4, -0.2) is 79.8 Å². The van der Waals surface area contributed by atoms with Crippen LogP contribution in [0.2, 0.25) is 0 Å². The lowest BCUT2D eigenvalue weighted by Gasteiger charge is -2.36. The Labute approximate surface area is 372 Å². The number of rotatable bonds is 12. The van der Waals surface area contributed by atoms with Crippen molar-refractivity contribution in [1.29, 1.82) is 5.26 Å². The van der Waals surface area contributed by atoms with Gasteiger partial charge in [0.1, 0.15) is 46.8 Å². The lowest BCUT2D eigenvalue weighted by molar-refractivity contribution is -0.137. The maximum Gasteiger partial charge on any atom is 0.416 e. The topological polar surface area (TPSA) is 160 Å². The molecule has 6 aromatic rings. The fourth-order valence-corrected chi connectivity index (χ4v) is 9.00. The van der Waals surface area contributed by atoms with Crippen molar-refractivity contribution in [3.8, 4) is 51.3 Å². The van der Waals surface area contributed by atoms with Gasteiger partial charge in [-0.3, -0.25) is 0 Å². The molecule has 14 nitrogen and oxygen atoms in total. The van der Waals surface area contributed by atoms with Gasteiger partial charge >= 0.3 is 12.3 Å². The van der Waals surface area contributed by atoms with Crippen molar-refractivity contribution in [2.75, 3.05) is 49.6 Å². The van der Waals surface area contributed by atoms with Crippen LogP contribution in [0.1, 0.15) is 37.5 Å². The van der Waals surface area contributed by atoms with Gasteiger partial charge < -0.3 is 28.7 Å². The first-order valence-electron chi connectivity index (χ1n) is 19.7.